The Morgan fingerprint density at radius 1 is 1.18 bits per heavy atom. The Morgan fingerprint density at radius 3 is 2.68 bits per heavy atom. The van der Waals surface area contributed by atoms with Crippen molar-refractivity contribution in [2.75, 3.05) is 39.5 Å². The molecule has 0 atom stereocenters. The second kappa shape index (κ2) is 7.38. The molecule has 0 bridgehead atoms. The van der Waals surface area contributed by atoms with Gasteiger partial charge in [-0.2, -0.15) is 4.98 Å². The first-order chi connectivity index (χ1) is 10.9. The van der Waals surface area contributed by atoms with Crippen LogP contribution in [0.25, 0.3) is 5.69 Å². The zero-order chi connectivity index (χ0) is 15.2. The lowest BCUT2D eigenvalue weighted by Crippen LogP contribution is -2.38. The van der Waals surface area contributed by atoms with Gasteiger partial charge in [-0.3, -0.25) is 4.90 Å². The van der Waals surface area contributed by atoms with E-state index in [1.807, 2.05) is 35.0 Å². The number of aryl methyl sites for hydroxylation is 1. The molecule has 22 heavy (non-hydrogen) atoms. The topological polar surface area (TPSA) is 52.4 Å². The molecule has 0 unspecified atom stereocenters. The molecule has 2 heterocycles. The Kier molecular flexibility index (Phi) is 5.03. The van der Waals surface area contributed by atoms with Gasteiger partial charge < -0.3 is 9.47 Å². The minimum atomic E-state index is 0.453. The number of rotatable bonds is 6. The first kappa shape index (κ1) is 15.0. The van der Waals surface area contributed by atoms with Crippen LogP contribution < -0.4 is 4.74 Å². The molecule has 1 aromatic heterocycles. The summed E-state index contributed by atoms with van der Waals surface area (Å²) in [5.74, 6) is 0.910. The maximum Gasteiger partial charge on any atom is 0.336 e. The van der Waals surface area contributed by atoms with E-state index in [2.05, 4.69) is 21.9 Å². The summed E-state index contributed by atoms with van der Waals surface area (Å²) >= 11 is 0. The summed E-state index contributed by atoms with van der Waals surface area (Å²) in [6.07, 6.45) is 0.814. The van der Waals surface area contributed by atoms with E-state index in [0.717, 1.165) is 50.8 Å². The minimum absolute atomic E-state index is 0.453. The quantitative estimate of drug-likeness (QED) is 0.810. The molecule has 0 N–H and O–H groups in total. The molecule has 1 aromatic carbocycles. The Balaban J connectivity index is 1.61. The molecule has 118 valence electrons. The summed E-state index contributed by atoms with van der Waals surface area (Å²) in [4.78, 5) is 6.81. The van der Waals surface area contributed by atoms with Gasteiger partial charge >= 0.3 is 6.01 Å². The summed E-state index contributed by atoms with van der Waals surface area (Å²) in [6.45, 7) is 7.10. The normalized spacial score (nSPS) is 15.9. The van der Waals surface area contributed by atoms with Crippen LogP contribution >= 0.6 is 0 Å². The molecule has 1 fully saturated rings. The Labute approximate surface area is 130 Å². The van der Waals surface area contributed by atoms with Gasteiger partial charge in [0.15, 0.2) is 0 Å². The van der Waals surface area contributed by atoms with Crippen LogP contribution in [0.2, 0.25) is 0 Å². The molecule has 0 aliphatic carbocycles. The molecule has 0 spiro atoms. The third-order valence-electron chi connectivity index (χ3n) is 3.71. The summed E-state index contributed by atoms with van der Waals surface area (Å²) < 4.78 is 12.9. The average Bonchev–Trinajstić information content (AvgIpc) is 3.00. The van der Waals surface area contributed by atoms with Crippen molar-refractivity contribution in [3.8, 4) is 11.7 Å². The van der Waals surface area contributed by atoms with Crippen molar-refractivity contribution < 1.29 is 9.47 Å². The van der Waals surface area contributed by atoms with E-state index in [9.17, 15) is 0 Å². The lowest BCUT2D eigenvalue weighted by molar-refractivity contribution is 0.0317. The van der Waals surface area contributed by atoms with E-state index in [1.54, 1.807) is 0 Å². The molecule has 3 rings (SSSR count). The fourth-order valence-electron chi connectivity index (χ4n) is 2.48. The average molecular weight is 302 g/mol. The molecule has 1 saturated heterocycles. The van der Waals surface area contributed by atoms with Crippen molar-refractivity contribution in [1.29, 1.82) is 0 Å². The highest BCUT2D eigenvalue weighted by Gasteiger charge is 2.13. The zero-order valence-corrected chi connectivity index (χ0v) is 12.9. The maximum atomic E-state index is 5.73. The Hall–Kier alpha value is -1.92. The number of ether oxygens (including phenoxy) is 2. The minimum Gasteiger partial charge on any atom is -0.461 e. The number of para-hydroxylation sites is 1. The number of hydrogen-bond donors (Lipinski definition) is 0. The number of benzene rings is 1. The Morgan fingerprint density at radius 2 is 1.95 bits per heavy atom. The summed E-state index contributed by atoms with van der Waals surface area (Å²) in [5.41, 5.74) is 1.01. The van der Waals surface area contributed by atoms with Crippen molar-refractivity contribution in [3.05, 3.63) is 36.2 Å². The number of morpholine rings is 1. The van der Waals surface area contributed by atoms with Crippen molar-refractivity contribution in [1.82, 2.24) is 19.7 Å². The first-order valence-corrected chi connectivity index (χ1v) is 7.81. The first-order valence-electron chi connectivity index (χ1n) is 7.81. The van der Waals surface area contributed by atoms with Crippen LogP contribution in [0.4, 0.5) is 0 Å². The van der Waals surface area contributed by atoms with E-state index in [0.29, 0.717) is 12.6 Å². The third kappa shape index (κ3) is 3.64. The zero-order valence-electron chi connectivity index (χ0n) is 12.9. The van der Waals surface area contributed by atoms with Gasteiger partial charge in [0.05, 0.1) is 18.9 Å². The van der Waals surface area contributed by atoms with Crippen LogP contribution in [-0.2, 0) is 11.2 Å². The largest absolute Gasteiger partial charge is 0.461 e. The molecule has 1 aliphatic heterocycles. The van der Waals surface area contributed by atoms with Crippen LogP contribution in [-0.4, -0.2) is 59.1 Å². The molecule has 0 radical (unpaired) electrons. The smallest absolute Gasteiger partial charge is 0.336 e. The van der Waals surface area contributed by atoms with Crippen LogP contribution in [0, 0.1) is 0 Å². The number of hydrogen-bond acceptors (Lipinski definition) is 5. The van der Waals surface area contributed by atoms with E-state index < -0.39 is 0 Å². The highest BCUT2D eigenvalue weighted by molar-refractivity contribution is 5.31. The van der Waals surface area contributed by atoms with Crippen molar-refractivity contribution in [3.63, 3.8) is 0 Å². The van der Waals surface area contributed by atoms with Crippen molar-refractivity contribution in [2.45, 2.75) is 13.3 Å². The van der Waals surface area contributed by atoms with Gasteiger partial charge in [0.25, 0.3) is 0 Å². The second-order valence-electron chi connectivity index (χ2n) is 5.21. The lowest BCUT2D eigenvalue weighted by Gasteiger charge is -2.25. The standard InChI is InChI=1S/C16H22N4O2/c1-2-15-17-16(18-20(15)14-6-4-3-5-7-14)22-13-10-19-8-11-21-12-9-19/h3-7H,2,8-13H2,1H3. The summed E-state index contributed by atoms with van der Waals surface area (Å²) in [6, 6.07) is 10.5. The number of aromatic nitrogens is 3. The summed E-state index contributed by atoms with van der Waals surface area (Å²) in [5, 5.41) is 4.47. The third-order valence-corrected chi connectivity index (χ3v) is 3.71. The monoisotopic (exact) mass is 302 g/mol. The van der Waals surface area contributed by atoms with Gasteiger partial charge in [0.2, 0.25) is 0 Å². The molecular weight excluding hydrogens is 280 g/mol. The maximum absolute atomic E-state index is 5.73. The number of nitrogens with zero attached hydrogens (tertiary/aromatic N) is 4. The van der Waals surface area contributed by atoms with E-state index in [1.165, 1.54) is 0 Å². The van der Waals surface area contributed by atoms with Gasteiger partial charge in [-0.05, 0) is 12.1 Å². The SMILES string of the molecule is CCc1nc(OCCN2CCOCC2)nn1-c1ccccc1. The molecule has 6 heteroatoms. The predicted molar refractivity (Wildman–Crippen MR) is 83.5 cm³/mol. The second-order valence-corrected chi connectivity index (χ2v) is 5.21. The van der Waals surface area contributed by atoms with Gasteiger partial charge in [-0.1, -0.05) is 25.1 Å². The molecular formula is C16H22N4O2. The predicted octanol–water partition coefficient (Wildman–Crippen LogP) is 1.54. The molecule has 6 nitrogen and oxygen atoms in total. The van der Waals surface area contributed by atoms with Crippen molar-refractivity contribution >= 4 is 0 Å². The van der Waals surface area contributed by atoms with Crippen LogP contribution in [0.15, 0.2) is 30.3 Å². The van der Waals surface area contributed by atoms with Crippen LogP contribution in [0.3, 0.4) is 0 Å². The van der Waals surface area contributed by atoms with Gasteiger partial charge in [0.1, 0.15) is 12.4 Å². The van der Waals surface area contributed by atoms with Crippen LogP contribution in [0.5, 0.6) is 6.01 Å². The molecule has 0 amide bonds. The van der Waals surface area contributed by atoms with Gasteiger partial charge in [-0.15, -0.1) is 5.10 Å². The molecule has 2 aromatic rings. The fourth-order valence-corrected chi connectivity index (χ4v) is 2.48. The lowest BCUT2D eigenvalue weighted by atomic mass is 10.3. The van der Waals surface area contributed by atoms with Crippen molar-refractivity contribution in [2.24, 2.45) is 0 Å². The van der Waals surface area contributed by atoms with E-state index in [4.69, 9.17) is 9.47 Å². The molecule has 0 saturated carbocycles. The summed E-state index contributed by atoms with van der Waals surface area (Å²) in [7, 11) is 0. The van der Waals surface area contributed by atoms with E-state index in [-0.39, 0.29) is 0 Å². The van der Waals surface area contributed by atoms with E-state index >= 15 is 0 Å². The van der Waals surface area contributed by atoms with Gasteiger partial charge in [-0.25, -0.2) is 4.68 Å². The Bertz CT molecular complexity index is 579. The highest BCUT2D eigenvalue weighted by atomic mass is 16.5. The highest BCUT2D eigenvalue weighted by Crippen LogP contribution is 2.13. The fraction of sp³-hybridized carbons (Fsp3) is 0.500. The van der Waals surface area contributed by atoms with Gasteiger partial charge in [0, 0.05) is 26.1 Å². The molecule has 1 aliphatic rings. The van der Waals surface area contributed by atoms with Crippen LogP contribution in [0.1, 0.15) is 12.7 Å².